The molecule has 1 aliphatic heterocycles. The summed E-state index contributed by atoms with van der Waals surface area (Å²) in [6, 6.07) is 6.69. The van der Waals surface area contributed by atoms with Crippen molar-refractivity contribution in [2.75, 3.05) is 38.5 Å². The summed E-state index contributed by atoms with van der Waals surface area (Å²) < 4.78 is 7.77. The summed E-state index contributed by atoms with van der Waals surface area (Å²) in [6.07, 6.45) is 0.290. The zero-order valence-electron chi connectivity index (χ0n) is 21.4. The number of aliphatic carboxylic acids is 1. The number of imidazole rings is 1. The molecule has 13 nitrogen and oxygen atoms in total. The van der Waals surface area contributed by atoms with E-state index in [0.717, 1.165) is 13.0 Å². The Bertz CT molecular complexity index is 1230. The van der Waals surface area contributed by atoms with Crippen LogP contribution in [0.4, 0.5) is 5.82 Å². The molecule has 4 rings (SSSR count). The molecule has 0 aliphatic carbocycles. The molecule has 1 fully saturated rings. The van der Waals surface area contributed by atoms with Gasteiger partial charge in [-0.3, -0.25) is 9.69 Å². The molecular formula is C25H35ClN8O5. The van der Waals surface area contributed by atoms with Crippen molar-refractivity contribution in [3.05, 3.63) is 47.5 Å². The molecule has 1 aliphatic rings. The van der Waals surface area contributed by atoms with Crippen molar-refractivity contribution >= 4 is 34.6 Å². The second kappa shape index (κ2) is 13.4. The van der Waals surface area contributed by atoms with Crippen molar-refractivity contribution in [3.8, 4) is 0 Å². The van der Waals surface area contributed by atoms with Crippen molar-refractivity contribution in [2.45, 2.75) is 49.8 Å². The van der Waals surface area contributed by atoms with E-state index in [1.165, 1.54) is 11.9 Å². The molecule has 1 aromatic carbocycles. The van der Waals surface area contributed by atoms with Crippen molar-refractivity contribution in [1.82, 2.24) is 29.7 Å². The third-order valence-corrected chi connectivity index (χ3v) is 7.14. The standard InChI is InChI=1S/C25H35ClN8O5/c26-16-3-1-15(2-4-16)5-7-29-8-10-33(9-6-17(27)25(37)38)11-18-21(35)22(36)19(39-18)12-34-14-32-20-23(28)30-13-31-24(20)34/h1-4,13-14,17-19,21-22,29,35-36H,5-12,27H2,(H,37,38)(H2,28,30,31)/t17?,18-,19?,21-,22+/m1/s1. The first-order valence-corrected chi connectivity index (χ1v) is 13.2. The normalized spacial score (nSPS) is 22.1. The summed E-state index contributed by atoms with van der Waals surface area (Å²) in [7, 11) is 0. The highest BCUT2D eigenvalue weighted by atomic mass is 35.5. The number of aromatic nitrogens is 4. The number of nitrogens with zero attached hydrogens (tertiary/aromatic N) is 5. The molecule has 0 bridgehead atoms. The summed E-state index contributed by atoms with van der Waals surface area (Å²) in [4.78, 5) is 25.6. The van der Waals surface area contributed by atoms with Gasteiger partial charge in [-0.1, -0.05) is 23.7 Å². The van der Waals surface area contributed by atoms with Crippen LogP contribution in [0.3, 0.4) is 0 Å². The number of nitrogen functional groups attached to an aromatic ring is 1. The second-order valence-corrected chi connectivity index (χ2v) is 10.1. The van der Waals surface area contributed by atoms with Crippen LogP contribution in [-0.4, -0.2) is 109 Å². The van der Waals surface area contributed by atoms with Gasteiger partial charge >= 0.3 is 5.97 Å². The SMILES string of the molecule is Nc1ncnc2c1ncn2CC1O[C@H](CN(CCNCCc2ccc(Cl)cc2)CCC(N)C(=O)O)[C@@H](O)[C@H]1O. The lowest BCUT2D eigenvalue weighted by Gasteiger charge is -2.27. The van der Waals surface area contributed by atoms with Gasteiger partial charge in [0.15, 0.2) is 11.5 Å². The fraction of sp³-hybridized carbons (Fsp3) is 0.520. The molecule has 0 saturated carbocycles. The van der Waals surface area contributed by atoms with Gasteiger partial charge < -0.3 is 41.4 Å². The van der Waals surface area contributed by atoms with Crippen LogP contribution < -0.4 is 16.8 Å². The maximum Gasteiger partial charge on any atom is 0.320 e. The predicted octanol–water partition coefficient (Wildman–Crippen LogP) is -0.513. The number of aliphatic hydroxyl groups excluding tert-OH is 2. The van der Waals surface area contributed by atoms with E-state index in [0.29, 0.717) is 42.4 Å². The van der Waals surface area contributed by atoms with Crippen LogP contribution in [0.25, 0.3) is 11.2 Å². The van der Waals surface area contributed by atoms with Crippen LogP contribution in [0.2, 0.25) is 5.02 Å². The number of hydrogen-bond donors (Lipinski definition) is 6. The molecule has 0 spiro atoms. The maximum atomic E-state index is 11.2. The molecule has 2 unspecified atom stereocenters. The molecule has 212 valence electrons. The fourth-order valence-electron chi connectivity index (χ4n) is 4.59. The highest BCUT2D eigenvalue weighted by Crippen LogP contribution is 2.25. The monoisotopic (exact) mass is 562 g/mol. The molecule has 3 aromatic rings. The van der Waals surface area contributed by atoms with Gasteiger partial charge in [-0.25, -0.2) is 15.0 Å². The maximum absolute atomic E-state index is 11.2. The molecule has 8 N–H and O–H groups in total. The van der Waals surface area contributed by atoms with E-state index in [1.807, 2.05) is 29.2 Å². The predicted molar refractivity (Wildman–Crippen MR) is 145 cm³/mol. The highest BCUT2D eigenvalue weighted by Gasteiger charge is 2.43. The first-order valence-electron chi connectivity index (χ1n) is 12.8. The molecule has 5 atom stereocenters. The van der Waals surface area contributed by atoms with Crippen molar-refractivity contribution in [3.63, 3.8) is 0 Å². The van der Waals surface area contributed by atoms with Gasteiger partial charge in [-0.2, -0.15) is 0 Å². The zero-order chi connectivity index (χ0) is 27.9. The van der Waals surface area contributed by atoms with Crippen LogP contribution >= 0.6 is 11.6 Å². The number of aliphatic hydroxyl groups is 2. The molecule has 14 heteroatoms. The lowest BCUT2D eigenvalue weighted by Crippen LogP contribution is -2.44. The van der Waals surface area contributed by atoms with Gasteiger partial charge in [-0.15, -0.1) is 0 Å². The van der Waals surface area contributed by atoms with Gasteiger partial charge in [0.25, 0.3) is 0 Å². The highest BCUT2D eigenvalue weighted by molar-refractivity contribution is 6.30. The van der Waals surface area contributed by atoms with Crippen LogP contribution in [0.1, 0.15) is 12.0 Å². The third kappa shape index (κ3) is 7.60. The number of fused-ring (bicyclic) bond motifs is 1. The number of benzene rings is 1. The van der Waals surface area contributed by atoms with Gasteiger partial charge in [-0.05, 0) is 37.1 Å². The summed E-state index contributed by atoms with van der Waals surface area (Å²) in [5, 5.41) is 34.8. The summed E-state index contributed by atoms with van der Waals surface area (Å²) in [6.45, 7) is 2.84. The van der Waals surface area contributed by atoms with E-state index in [2.05, 4.69) is 20.3 Å². The first-order chi connectivity index (χ1) is 18.7. The Hall–Kier alpha value is -2.91. The lowest BCUT2D eigenvalue weighted by atomic mass is 10.1. The number of hydrogen-bond acceptors (Lipinski definition) is 11. The Morgan fingerprint density at radius 1 is 1.13 bits per heavy atom. The Labute approximate surface area is 230 Å². The van der Waals surface area contributed by atoms with E-state index < -0.39 is 36.4 Å². The average Bonchev–Trinajstić information content (AvgIpc) is 3.44. The third-order valence-electron chi connectivity index (χ3n) is 6.89. The number of carbonyl (C=O) groups is 1. The average molecular weight is 563 g/mol. The molecule has 3 heterocycles. The van der Waals surface area contributed by atoms with Crippen LogP contribution in [0.5, 0.6) is 0 Å². The Morgan fingerprint density at radius 2 is 1.87 bits per heavy atom. The lowest BCUT2D eigenvalue weighted by molar-refractivity contribution is -0.138. The Morgan fingerprint density at radius 3 is 2.62 bits per heavy atom. The van der Waals surface area contributed by atoms with E-state index >= 15 is 0 Å². The second-order valence-electron chi connectivity index (χ2n) is 9.68. The summed E-state index contributed by atoms with van der Waals surface area (Å²) >= 11 is 5.94. The van der Waals surface area contributed by atoms with Gasteiger partial charge in [0.1, 0.15) is 36.2 Å². The fourth-order valence-corrected chi connectivity index (χ4v) is 4.72. The number of ether oxygens (including phenoxy) is 1. The molecular weight excluding hydrogens is 528 g/mol. The molecule has 0 amide bonds. The molecule has 0 radical (unpaired) electrons. The van der Waals surface area contributed by atoms with Crippen molar-refractivity contribution < 1.29 is 24.9 Å². The van der Waals surface area contributed by atoms with Crippen molar-refractivity contribution in [1.29, 1.82) is 0 Å². The van der Waals surface area contributed by atoms with Gasteiger partial charge in [0, 0.05) is 31.2 Å². The topological polar surface area (TPSA) is 198 Å². The van der Waals surface area contributed by atoms with E-state index in [4.69, 9.17) is 27.8 Å². The Kier molecular flexibility index (Phi) is 10.0. The smallest absolute Gasteiger partial charge is 0.320 e. The first kappa shape index (κ1) is 29.1. The van der Waals surface area contributed by atoms with Crippen LogP contribution in [0, 0.1) is 0 Å². The largest absolute Gasteiger partial charge is 0.480 e. The Balaban J connectivity index is 1.33. The molecule has 39 heavy (non-hydrogen) atoms. The number of anilines is 1. The number of carboxylic acids is 1. The van der Waals surface area contributed by atoms with E-state index in [9.17, 15) is 20.1 Å². The summed E-state index contributed by atoms with van der Waals surface area (Å²) in [5.41, 5.74) is 13.7. The minimum Gasteiger partial charge on any atom is -0.480 e. The van der Waals surface area contributed by atoms with Crippen LogP contribution in [-0.2, 0) is 22.5 Å². The van der Waals surface area contributed by atoms with Crippen LogP contribution in [0.15, 0.2) is 36.9 Å². The van der Waals surface area contributed by atoms with E-state index in [1.54, 1.807) is 10.9 Å². The number of halogens is 1. The number of nitrogens with two attached hydrogens (primary N) is 2. The van der Waals surface area contributed by atoms with E-state index in [-0.39, 0.29) is 18.8 Å². The quantitative estimate of drug-likeness (QED) is 0.138. The number of carboxylic acid groups (broad SMARTS) is 1. The summed E-state index contributed by atoms with van der Waals surface area (Å²) in [5.74, 6) is -0.817. The van der Waals surface area contributed by atoms with Gasteiger partial charge in [0.05, 0.1) is 19.0 Å². The van der Waals surface area contributed by atoms with Crippen molar-refractivity contribution in [2.24, 2.45) is 5.73 Å². The minimum absolute atomic E-state index is 0.206. The number of rotatable bonds is 14. The molecule has 2 aromatic heterocycles. The van der Waals surface area contributed by atoms with Gasteiger partial charge in [0.2, 0.25) is 0 Å². The zero-order valence-corrected chi connectivity index (χ0v) is 22.2. The molecule has 1 saturated heterocycles. The number of nitrogens with one attached hydrogen (secondary N) is 1. The minimum atomic E-state index is -1.13.